The van der Waals surface area contributed by atoms with Crippen molar-refractivity contribution >= 4 is 49.8 Å². The average molecular weight is 628 g/mol. The van der Waals surface area contributed by atoms with E-state index in [1.54, 1.807) is 0 Å². The van der Waals surface area contributed by atoms with E-state index in [1.165, 1.54) is 27.6 Å². The summed E-state index contributed by atoms with van der Waals surface area (Å²) in [6.45, 7) is 0. The fourth-order valence-corrected chi connectivity index (χ4v) is 7.35. The highest BCUT2D eigenvalue weighted by Crippen LogP contribution is 2.49. The number of hydrogen-bond donors (Lipinski definition) is 0. The summed E-state index contributed by atoms with van der Waals surface area (Å²) in [7, 11) is 0. The molecule has 49 heavy (non-hydrogen) atoms. The van der Waals surface area contributed by atoms with E-state index in [4.69, 9.17) is 9.15 Å². The fraction of sp³-hybridized carbons (Fsp3) is 0. The number of para-hydroxylation sites is 2. The number of anilines is 3. The maximum atomic E-state index is 6.36. The van der Waals surface area contributed by atoms with Crippen LogP contribution in [0, 0.1) is 0 Å². The molecule has 0 saturated carbocycles. The molecule has 0 N–H and O–H groups in total. The molecule has 2 heterocycles. The van der Waals surface area contributed by atoms with Crippen LogP contribution in [0.4, 0.5) is 17.1 Å². The second-order valence-corrected chi connectivity index (χ2v) is 12.5. The van der Waals surface area contributed by atoms with Gasteiger partial charge in [0, 0.05) is 38.8 Å². The first-order valence-corrected chi connectivity index (χ1v) is 16.6. The van der Waals surface area contributed by atoms with Gasteiger partial charge >= 0.3 is 0 Å². The second-order valence-electron chi connectivity index (χ2n) is 12.5. The Kier molecular flexibility index (Phi) is 6.18. The molecule has 0 saturated heterocycles. The Morgan fingerprint density at radius 1 is 0.347 bits per heavy atom. The predicted octanol–water partition coefficient (Wildman–Crippen LogP) is 13.3. The first-order chi connectivity index (χ1) is 24.3. The Morgan fingerprint density at radius 3 is 1.80 bits per heavy atom. The highest BCUT2D eigenvalue weighted by atomic mass is 16.5. The van der Waals surface area contributed by atoms with Crippen LogP contribution in [-0.4, -0.2) is 0 Å². The van der Waals surface area contributed by atoms with Crippen molar-refractivity contribution in [2.24, 2.45) is 0 Å². The summed E-state index contributed by atoms with van der Waals surface area (Å²) in [6, 6.07) is 62.1. The van der Waals surface area contributed by atoms with Gasteiger partial charge in [-0.05, 0) is 93.9 Å². The molecule has 1 aromatic heterocycles. The van der Waals surface area contributed by atoms with Crippen LogP contribution in [0.5, 0.6) is 11.5 Å². The molecule has 230 valence electrons. The van der Waals surface area contributed by atoms with E-state index >= 15 is 0 Å². The number of nitrogens with zero attached hydrogens (tertiary/aromatic N) is 1. The van der Waals surface area contributed by atoms with E-state index in [2.05, 4.69) is 157 Å². The molecule has 0 fully saturated rings. The van der Waals surface area contributed by atoms with Gasteiger partial charge in [0.05, 0.1) is 0 Å². The Morgan fingerprint density at radius 2 is 0.959 bits per heavy atom. The summed E-state index contributed by atoms with van der Waals surface area (Å²) in [5.74, 6) is 1.80. The zero-order valence-electron chi connectivity index (χ0n) is 26.5. The van der Waals surface area contributed by atoms with Crippen molar-refractivity contribution in [2.75, 3.05) is 4.90 Å². The number of rotatable bonds is 5. The van der Waals surface area contributed by atoms with Crippen LogP contribution in [0.25, 0.3) is 66.1 Å². The highest BCUT2D eigenvalue weighted by molar-refractivity contribution is 6.10. The molecule has 10 rings (SSSR count). The standard InChI is InChI=1S/C46H29NO2/c1-2-9-30(10-3-1)31-17-21-33(22-18-31)47(35-25-28-44-41(29-35)38-12-5-7-15-43(38)48-44)34-23-19-32(20-24-34)36-26-27-40-37-11-4-6-14-42(37)49-45-16-8-13-39(36)46(40)45/h1-29H. The van der Waals surface area contributed by atoms with E-state index < -0.39 is 0 Å². The number of ether oxygens (including phenoxy) is 1. The van der Waals surface area contributed by atoms with Crippen LogP contribution in [0.15, 0.2) is 180 Å². The first kappa shape index (κ1) is 27.5. The average Bonchev–Trinajstić information content (AvgIpc) is 3.54. The fourth-order valence-electron chi connectivity index (χ4n) is 7.35. The Balaban J connectivity index is 1.09. The van der Waals surface area contributed by atoms with Crippen molar-refractivity contribution in [1.29, 1.82) is 0 Å². The van der Waals surface area contributed by atoms with Gasteiger partial charge in [0.15, 0.2) is 0 Å². The normalized spacial score (nSPS) is 11.8. The molecule has 0 aliphatic carbocycles. The molecule has 0 bridgehead atoms. The van der Waals surface area contributed by atoms with Crippen LogP contribution in [0.2, 0.25) is 0 Å². The van der Waals surface area contributed by atoms with Gasteiger partial charge in [-0.1, -0.05) is 115 Å². The zero-order valence-corrected chi connectivity index (χ0v) is 26.5. The summed E-state index contributed by atoms with van der Waals surface area (Å²) in [6.07, 6.45) is 0. The van der Waals surface area contributed by atoms with Gasteiger partial charge < -0.3 is 14.1 Å². The summed E-state index contributed by atoms with van der Waals surface area (Å²) in [5.41, 5.74) is 12.1. The van der Waals surface area contributed by atoms with Crippen LogP contribution < -0.4 is 9.64 Å². The molecule has 1 aliphatic rings. The maximum absolute atomic E-state index is 6.36. The third-order valence-corrected chi connectivity index (χ3v) is 9.69. The van der Waals surface area contributed by atoms with Gasteiger partial charge in [0.1, 0.15) is 22.7 Å². The Labute approximate surface area is 283 Å². The largest absolute Gasteiger partial charge is 0.456 e. The van der Waals surface area contributed by atoms with Crippen molar-refractivity contribution in [3.63, 3.8) is 0 Å². The minimum Gasteiger partial charge on any atom is -0.456 e. The molecule has 8 aromatic carbocycles. The molecule has 3 heteroatoms. The number of furan rings is 1. The second kappa shape index (κ2) is 11.0. The molecule has 0 spiro atoms. The van der Waals surface area contributed by atoms with E-state index in [1.807, 2.05) is 24.3 Å². The van der Waals surface area contributed by atoms with Gasteiger partial charge in [-0.3, -0.25) is 0 Å². The van der Waals surface area contributed by atoms with E-state index in [9.17, 15) is 0 Å². The quantitative estimate of drug-likeness (QED) is 0.190. The molecular formula is C46H29NO2. The minimum absolute atomic E-state index is 0.883. The van der Waals surface area contributed by atoms with Crippen LogP contribution >= 0.6 is 0 Å². The lowest BCUT2D eigenvalue weighted by molar-refractivity contribution is 0.487. The number of benzene rings is 8. The van der Waals surface area contributed by atoms with Crippen LogP contribution in [-0.2, 0) is 0 Å². The monoisotopic (exact) mass is 627 g/mol. The maximum Gasteiger partial charge on any atom is 0.135 e. The molecule has 0 unspecified atom stereocenters. The summed E-state index contributed by atoms with van der Waals surface area (Å²) >= 11 is 0. The smallest absolute Gasteiger partial charge is 0.135 e. The lowest BCUT2D eigenvalue weighted by Gasteiger charge is -2.26. The summed E-state index contributed by atoms with van der Waals surface area (Å²) in [4.78, 5) is 2.32. The van der Waals surface area contributed by atoms with Gasteiger partial charge in [0.25, 0.3) is 0 Å². The van der Waals surface area contributed by atoms with Gasteiger partial charge in [0.2, 0.25) is 0 Å². The molecule has 0 amide bonds. The SMILES string of the molecule is c1ccc(-c2ccc(N(c3ccc(-c4ccc5c6c(cccc46)Oc4ccccc4-5)cc3)c3ccc4oc5ccccc5c4c3)cc2)cc1. The Hall–Kier alpha value is -6.58. The topological polar surface area (TPSA) is 25.6 Å². The van der Waals surface area contributed by atoms with Gasteiger partial charge in [-0.25, -0.2) is 0 Å². The summed E-state index contributed by atoms with van der Waals surface area (Å²) < 4.78 is 12.5. The van der Waals surface area contributed by atoms with Crippen LogP contribution in [0.1, 0.15) is 0 Å². The van der Waals surface area contributed by atoms with E-state index in [0.717, 1.165) is 67.0 Å². The molecule has 3 nitrogen and oxygen atoms in total. The molecule has 0 atom stereocenters. The van der Waals surface area contributed by atoms with Crippen molar-refractivity contribution < 1.29 is 9.15 Å². The predicted molar refractivity (Wildman–Crippen MR) is 202 cm³/mol. The molecule has 0 radical (unpaired) electrons. The van der Waals surface area contributed by atoms with Gasteiger partial charge in [-0.15, -0.1) is 0 Å². The van der Waals surface area contributed by atoms with Crippen LogP contribution in [0.3, 0.4) is 0 Å². The molecular weight excluding hydrogens is 599 g/mol. The van der Waals surface area contributed by atoms with Gasteiger partial charge in [-0.2, -0.15) is 0 Å². The minimum atomic E-state index is 0.883. The van der Waals surface area contributed by atoms with Crippen molar-refractivity contribution in [1.82, 2.24) is 0 Å². The third kappa shape index (κ3) is 4.51. The third-order valence-electron chi connectivity index (χ3n) is 9.69. The summed E-state index contributed by atoms with van der Waals surface area (Å²) in [5, 5.41) is 4.55. The zero-order chi connectivity index (χ0) is 32.3. The van der Waals surface area contributed by atoms with E-state index in [-0.39, 0.29) is 0 Å². The first-order valence-electron chi connectivity index (χ1n) is 16.6. The van der Waals surface area contributed by atoms with Crippen molar-refractivity contribution in [3.05, 3.63) is 176 Å². The van der Waals surface area contributed by atoms with E-state index in [0.29, 0.717) is 0 Å². The molecule has 9 aromatic rings. The number of hydrogen-bond acceptors (Lipinski definition) is 3. The number of fused-ring (bicyclic) bond motifs is 5. The highest BCUT2D eigenvalue weighted by Gasteiger charge is 2.22. The van der Waals surface area contributed by atoms with Crippen molar-refractivity contribution in [2.45, 2.75) is 0 Å². The van der Waals surface area contributed by atoms with Crippen molar-refractivity contribution in [3.8, 4) is 44.9 Å². The Bertz CT molecular complexity index is 2670. The molecule has 1 aliphatic heterocycles. The lowest BCUT2D eigenvalue weighted by Crippen LogP contribution is -2.09. The lowest BCUT2D eigenvalue weighted by atomic mass is 9.90.